The Morgan fingerprint density at radius 1 is 1.45 bits per heavy atom. The van der Waals surface area contributed by atoms with Gasteiger partial charge in [-0.1, -0.05) is 41.4 Å². The summed E-state index contributed by atoms with van der Waals surface area (Å²) in [5.74, 6) is 1.67. The lowest BCUT2D eigenvalue weighted by atomic mass is 10.1. The van der Waals surface area contributed by atoms with Gasteiger partial charge in [-0.3, -0.25) is 0 Å². The van der Waals surface area contributed by atoms with Crippen molar-refractivity contribution in [3.8, 4) is 0 Å². The Labute approximate surface area is 78.2 Å². The second-order valence-electron chi connectivity index (χ2n) is 4.35. The van der Waals surface area contributed by atoms with E-state index in [4.69, 9.17) is 0 Å². The van der Waals surface area contributed by atoms with Crippen LogP contribution in [-0.2, 0) is 0 Å². The average molecular weight is 217 g/mol. The highest BCUT2D eigenvalue weighted by Gasteiger charge is 2.54. The molecule has 0 unspecified atom stereocenters. The molecule has 1 rings (SSSR count). The Morgan fingerprint density at radius 2 is 2.00 bits per heavy atom. The summed E-state index contributed by atoms with van der Waals surface area (Å²) < 4.78 is 0. The van der Waals surface area contributed by atoms with Crippen molar-refractivity contribution in [2.75, 3.05) is 5.33 Å². The van der Waals surface area contributed by atoms with E-state index in [0.717, 1.165) is 17.2 Å². The van der Waals surface area contributed by atoms with Crippen LogP contribution in [0.2, 0.25) is 0 Å². The van der Waals surface area contributed by atoms with E-state index in [1.807, 2.05) is 0 Å². The molecule has 0 aliphatic heterocycles. The van der Waals surface area contributed by atoms with Crippen LogP contribution in [0.15, 0.2) is 11.6 Å². The van der Waals surface area contributed by atoms with Gasteiger partial charge in [0, 0.05) is 5.33 Å². The molecule has 0 amide bonds. The van der Waals surface area contributed by atoms with Gasteiger partial charge in [0.05, 0.1) is 0 Å². The summed E-state index contributed by atoms with van der Waals surface area (Å²) in [6, 6.07) is 0. The SMILES string of the molecule is CC(C)=C[C@@H]1[C@H](CBr)C1(C)C. The quantitative estimate of drug-likeness (QED) is 0.489. The van der Waals surface area contributed by atoms with Gasteiger partial charge in [-0.25, -0.2) is 0 Å². The molecule has 0 aromatic carbocycles. The molecule has 0 bridgehead atoms. The van der Waals surface area contributed by atoms with Gasteiger partial charge in [0.25, 0.3) is 0 Å². The van der Waals surface area contributed by atoms with Crippen LogP contribution in [0.4, 0.5) is 0 Å². The minimum Gasteiger partial charge on any atom is -0.0925 e. The molecule has 0 heterocycles. The minimum atomic E-state index is 0.542. The summed E-state index contributed by atoms with van der Waals surface area (Å²) in [4.78, 5) is 0. The van der Waals surface area contributed by atoms with E-state index in [-0.39, 0.29) is 0 Å². The molecule has 1 saturated carbocycles. The highest BCUT2D eigenvalue weighted by atomic mass is 79.9. The van der Waals surface area contributed by atoms with E-state index in [2.05, 4.69) is 49.7 Å². The van der Waals surface area contributed by atoms with Gasteiger partial charge >= 0.3 is 0 Å². The Bertz CT molecular complexity index is 175. The summed E-state index contributed by atoms with van der Waals surface area (Å²) in [6.07, 6.45) is 2.41. The predicted octanol–water partition coefficient (Wildman–Crippen LogP) is 3.62. The first kappa shape index (κ1) is 9.31. The van der Waals surface area contributed by atoms with Crippen molar-refractivity contribution in [1.29, 1.82) is 0 Å². The van der Waals surface area contributed by atoms with Crippen LogP contribution in [0.5, 0.6) is 0 Å². The fourth-order valence-corrected chi connectivity index (χ4v) is 3.01. The molecule has 0 aromatic heterocycles. The zero-order valence-electron chi connectivity index (χ0n) is 7.82. The first-order valence-electron chi connectivity index (χ1n) is 4.21. The topological polar surface area (TPSA) is 0 Å². The van der Waals surface area contributed by atoms with Crippen LogP contribution >= 0.6 is 15.9 Å². The lowest BCUT2D eigenvalue weighted by Gasteiger charge is -1.97. The minimum absolute atomic E-state index is 0.542. The lowest BCUT2D eigenvalue weighted by molar-refractivity contribution is 0.573. The van der Waals surface area contributed by atoms with Crippen molar-refractivity contribution < 1.29 is 0 Å². The fourth-order valence-electron chi connectivity index (χ4n) is 1.77. The second-order valence-corrected chi connectivity index (χ2v) is 5.00. The van der Waals surface area contributed by atoms with Gasteiger partial charge in [-0.15, -0.1) is 0 Å². The van der Waals surface area contributed by atoms with Gasteiger partial charge in [0.1, 0.15) is 0 Å². The van der Waals surface area contributed by atoms with E-state index in [9.17, 15) is 0 Å². The van der Waals surface area contributed by atoms with Gasteiger partial charge < -0.3 is 0 Å². The van der Waals surface area contributed by atoms with Crippen LogP contribution < -0.4 is 0 Å². The Hall–Kier alpha value is 0.220. The molecule has 1 heteroatoms. The molecule has 0 N–H and O–H groups in total. The number of rotatable bonds is 2. The highest BCUT2D eigenvalue weighted by molar-refractivity contribution is 9.09. The Kier molecular flexibility index (Phi) is 2.48. The molecule has 1 fully saturated rings. The lowest BCUT2D eigenvalue weighted by Crippen LogP contribution is -1.89. The van der Waals surface area contributed by atoms with Crippen LogP contribution in [0.1, 0.15) is 27.7 Å². The molecule has 0 aromatic rings. The van der Waals surface area contributed by atoms with E-state index in [0.29, 0.717) is 5.41 Å². The van der Waals surface area contributed by atoms with Crippen LogP contribution in [-0.4, -0.2) is 5.33 Å². The van der Waals surface area contributed by atoms with Crippen molar-refractivity contribution in [3.05, 3.63) is 11.6 Å². The summed E-state index contributed by atoms with van der Waals surface area (Å²) >= 11 is 3.55. The van der Waals surface area contributed by atoms with Gasteiger partial charge in [-0.05, 0) is 31.1 Å². The monoisotopic (exact) mass is 216 g/mol. The molecular formula is C10H17Br. The standard InChI is InChI=1S/C10H17Br/c1-7(2)5-8-9(6-11)10(8,3)4/h5,8-9H,6H2,1-4H3/t8-,9+/m1/s1. The predicted molar refractivity (Wildman–Crippen MR) is 54.0 cm³/mol. The highest BCUT2D eigenvalue weighted by Crippen LogP contribution is 2.59. The normalized spacial score (nSPS) is 33.2. The van der Waals surface area contributed by atoms with E-state index >= 15 is 0 Å². The van der Waals surface area contributed by atoms with Gasteiger partial charge in [0.15, 0.2) is 0 Å². The first-order chi connectivity index (χ1) is 5.00. The number of halogens is 1. The third kappa shape index (κ3) is 1.69. The number of allylic oxidation sites excluding steroid dienone is 2. The molecule has 0 nitrogen and oxygen atoms in total. The van der Waals surface area contributed by atoms with Crippen LogP contribution in [0.25, 0.3) is 0 Å². The Morgan fingerprint density at radius 3 is 2.27 bits per heavy atom. The zero-order valence-corrected chi connectivity index (χ0v) is 9.40. The molecule has 0 spiro atoms. The molecule has 0 saturated heterocycles. The van der Waals surface area contributed by atoms with Crippen molar-refractivity contribution in [2.24, 2.45) is 17.3 Å². The third-order valence-electron chi connectivity index (χ3n) is 2.82. The maximum absolute atomic E-state index is 3.55. The Balaban J connectivity index is 2.59. The van der Waals surface area contributed by atoms with Gasteiger partial charge in [0.2, 0.25) is 0 Å². The summed E-state index contributed by atoms with van der Waals surface area (Å²) in [5.41, 5.74) is 1.99. The number of alkyl halides is 1. The number of hydrogen-bond acceptors (Lipinski definition) is 0. The van der Waals surface area contributed by atoms with Crippen LogP contribution in [0, 0.1) is 17.3 Å². The maximum Gasteiger partial charge on any atom is 0.00708 e. The zero-order chi connectivity index (χ0) is 8.65. The van der Waals surface area contributed by atoms with Crippen LogP contribution in [0.3, 0.4) is 0 Å². The maximum atomic E-state index is 3.55. The summed E-state index contributed by atoms with van der Waals surface area (Å²) in [6.45, 7) is 9.06. The first-order valence-corrected chi connectivity index (χ1v) is 5.33. The van der Waals surface area contributed by atoms with Crippen molar-refractivity contribution in [1.82, 2.24) is 0 Å². The van der Waals surface area contributed by atoms with Crippen molar-refractivity contribution >= 4 is 15.9 Å². The fraction of sp³-hybridized carbons (Fsp3) is 0.800. The largest absolute Gasteiger partial charge is 0.0925 e. The van der Waals surface area contributed by atoms with E-state index in [1.165, 1.54) is 5.57 Å². The second kappa shape index (κ2) is 2.93. The molecule has 0 radical (unpaired) electrons. The van der Waals surface area contributed by atoms with E-state index in [1.54, 1.807) is 0 Å². The third-order valence-corrected chi connectivity index (χ3v) is 3.52. The molecular weight excluding hydrogens is 200 g/mol. The summed E-state index contributed by atoms with van der Waals surface area (Å²) in [5, 5.41) is 1.15. The number of hydrogen-bond donors (Lipinski definition) is 0. The molecule has 1 aliphatic rings. The molecule has 64 valence electrons. The van der Waals surface area contributed by atoms with Crippen molar-refractivity contribution in [3.63, 3.8) is 0 Å². The summed E-state index contributed by atoms with van der Waals surface area (Å²) in [7, 11) is 0. The molecule has 11 heavy (non-hydrogen) atoms. The average Bonchev–Trinajstić information content (AvgIpc) is 2.33. The smallest absolute Gasteiger partial charge is 0.00708 e. The van der Waals surface area contributed by atoms with E-state index < -0.39 is 0 Å². The molecule has 1 aliphatic carbocycles. The molecule has 2 atom stereocenters. The van der Waals surface area contributed by atoms with Crippen molar-refractivity contribution in [2.45, 2.75) is 27.7 Å². The van der Waals surface area contributed by atoms with Gasteiger partial charge in [-0.2, -0.15) is 0 Å².